The number of barbiturate groups is 1. The molecule has 2 saturated heterocycles. The Bertz CT molecular complexity index is 451. The van der Waals surface area contributed by atoms with Gasteiger partial charge in [-0.15, -0.1) is 0 Å². The Morgan fingerprint density at radius 3 is 2.24 bits per heavy atom. The van der Waals surface area contributed by atoms with Crippen molar-refractivity contribution in [2.24, 2.45) is 5.41 Å². The second-order valence-electron chi connectivity index (χ2n) is 6.41. The summed E-state index contributed by atoms with van der Waals surface area (Å²) in [6.45, 7) is 3.17. The van der Waals surface area contributed by atoms with Gasteiger partial charge in [-0.2, -0.15) is 0 Å². The van der Waals surface area contributed by atoms with E-state index in [-0.39, 0.29) is 11.8 Å². The summed E-state index contributed by atoms with van der Waals surface area (Å²) < 4.78 is 0. The zero-order valence-electron chi connectivity index (χ0n) is 12.4. The summed E-state index contributed by atoms with van der Waals surface area (Å²) in [5.74, 6) is -0.657. The van der Waals surface area contributed by atoms with E-state index in [4.69, 9.17) is 0 Å². The third kappa shape index (κ3) is 2.57. The Hall–Kier alpha value is -1.43. The third-order valence-corrected chi connectivity index (χ3v) is 5.10. The molecular formula is C15H23N3O3. The molecule has 21 heavy (non-hydrogen) atoms. The first-order valence-electron chi connectivity index (χ1n) is 8.03. The summed E-state index contributed by atoms with van der Waals surface area (Å²) in [6, 6.07) is -0.542. The molecule has 4 amide bonds. The van der Waals surface area contributed by atoms with Gasteiger partial charge in [0.2, 0.25) is 11.8 Å². The lowest BCUT2D eigenvalue weighted by Gasteiger charge is -2.38. The average molecular weight is 293 g/mol. The maximum atomic E-state index is 12.7. The highest BCUT2D eigenvalue weighted by Gasteiger charge is 2.54. The van der Waals surface area contributed by atoms with Crippen LogP contribution in [0.1, 0.15) is 44.9 Å². The highest BCUT2D eigenvalue weighted by molar-refractivity contribution is 6.19. The van der Waals surface area contributed by atoms with Gasteiger partial charge < -0.3 is 4.90 Å². The second-order valence-corrected chi connectivity index (χ2v) is 6.41. The smallest absolute Gasteiger partial charge is 0.302 e. The highest BCUT2D eigenvalue weighted by atomic mass is 16.2. The molecule has 2 heterocycles. The summed E-state index contributed by atoms with van der Waals surface area (Å²) in [5, 5.41) is 2.39. The van der Waals surface area contributed by atoms with Crippen LogP contribution in [0.5, 0.6) is 0 Å². The second kappa shape index (κ2) is 5.75. The van der Waals surface area contributed by atoms with Crippen LogP contribution in [0.4, 0.5) is 4.79 Å². The quantitative estimate of drug-likeness (QED) is 0.791. The van der Waals surface area contributed by atoms with E-state index in [1.807, 2.05) is 0 Å². The van der Waals surface area contributed by atoms with Crippen molar-refractivity contribution in [1.82, 2.24) is 15.1 Å². The number of imide groups is 2. The topological polar surface area (TPSA) is 69.7 Å². The number of hydrogen-bond acceptors (Lipinski definition) is 4. The maximum Gasteiger partial charge on any atom is 0.330 e. The summed E-state index contributed by atoms with van der Waals surface area (Å²) in [4.78, 5) is 40.3. The van der Waals surface area contributed by atoms with Crippen LogP contribution in [0.2, 0.25) is 0 Å². The Kier molecular flexibility index (Phi) is 3.97. The minimum Gasteiger partial charge on any atom is -0.302 e. The van der Waals surface area contributed by atoms with Gasteiger partial charge >= 0.3 is 6.03 Å². The van der Waals surface area contributed by atoms with Crippen molar-refractivity contribution in [3.63, 3.8) is 0 Å². The number of urea groups is 1. The molecule has 116 valence electrons. The van der Waals surface area contributed by atoms with Crippen LogP contribution >= 0.6 is 0 Å². The predicted octanol–water partition coefficient (Wildman–Crippen LogP) is 1.11. The molecule has 0 radical (unpaired) electrons. The summed E-state index contributed by atoms with van der Waals surface area (Å²) in [7, 11) is 0. The lowest BCUT2D eigenvalue weighted by Crippen LogP contribution is -2.63. The maximum absolute atomic E-state index is 12.7. The fourth-order valence-electron chi connectivity index (χ4n) is 3.78. The largest absolute Gasteiger partial charge is 0.330 e. The molecule has 1 N–H and O–H groups in total. The number of rotatable bonds is 3. The minimum absolute atomic E-state index is 0.272. The number of carbonyl (C=O) groups excluding carboxylic acids is 3. The molecule has 0 aromatic heterocycles. The Balaban J connectivity index is 1.67. The van der Waals surface area contributed by atoms with Crippen molar-refractivity contribution in [3.8, 4) is 0 Å². The zero-order valence-corrected chi connectivity index (χ0v) is 12.4. The van der Waals surface area contributed by atoms with Gasteiger partial charge in [0.05, 0.1) is 0 Å². The van der Waals surface area contributed by atoms with Crippen molar-refractivity contribution >= 4 is 17.8 Å². The van der Waals surface area contributed by atoms with Crippen LogP contribution in [-0.4, -0.2) is 53.8 Å². The number of carbonyl (C=O) groups is 3. The minimum atomic E-state index is -0.962. The third-order valence-electron chi connectivity index (χ3n) is 5.10. The molecule has 1 saturated carbocycles. The first kappa shape index (κ1) is 14.5. The van der Waals surface area contributed by atoms with E-state index in [0.717, 1.165) is 25.9 Å². The molecule has 3 aliphatic rings. The molecule has 6 nitrogen and oxygen atoms in total. The molecule has 0 bridgehead atoms. The molecular weight excluding hydrogens is 270 g/mol. The van der Waals surface area contributed by atoms with Crippen LogP contribution in [0.25, 0.3) is 0 Å². The Labute approximate surface area is 124 Å². The van der Waals surface area contributed by atoms with E-state index in [9.17, 15) is 14.4 Å². The lowest BCUT2D eigenvalue weighted by molar-refractivity contribution is -0.151. The summed E-state index contributed by atoms with van der Waals surface area (Å²) in [6.07, 6.45) is 6.54. The molecule has 0 atom stereocenters. The average Bonchev–Trinajstić information content (AvgIpc) is 2.97. The van der Waals surface area contributed by atoms with Crippen molar-refractivity contribution in [2.75, 3.05) is 26.2 Å². The first-order chi connectivity index (χ1) is 10.1. The van der Waals surface area contributed by atoms with Crippen molar-refractivity contribution in [3.05, 3.63) is 0 Å². The molecule has 1 aliphatic carbocycles. The number of piperidine rings is 1. The fraction of sp³-hybridized carbons (Fsp3) is 0.800. The zero-order chi connectivity index (χ0) is 14.9. The molecule has 0 aromatic carbocycles. The molecule has 0 unspecified atom stereocenters. The summed E-state index contributed by atoms with van der Waals surface area (Å²) >= 11 is 0. The van der Waals surface area contributed by atoms with Gasteiger partial charge in [0.25, 0.3) is 0 Å². The molecule has 3 rings (SSSR count). The van der Waals surface area contributed by atoms with Gasteiger partial charge in [-0.1, -0.05) is 19.3 Å². The Morgan fingerprint density at radius 1 is 0.905 bits per heavy atom. The van der Waals surface area contributed by atoms with Crippen molar-refractivity contribution < 1.29 is 14.4 Å². The van der Waals surface area contributed by atoms with Gasteiger partial charge in [-0.25, -0.2) is 4.79 Å². The normalized spacial score (nSPS) is 26.5. The fourth-order valence-corrected chi connectivity index (χ4v) is 3.78. The number of amides is 4. The number of nitrogens with one attached hydrogen (secondary N) is 1. The van der Waals surface area contributed by atoms with Gasteiger partial charge in [0.15, 0.2) is 0 Å². The number of nitrogens with zero attached hydrogens (tertiary/aromatic N) is 2. The van der Waals surface area contributed by atoms with E-state index in [1.165, 1.54) is 24.2 Å². The molecule has 0 aromatic rings. The van der Waals surface area contributed by atoms with Crippen LogP contribution < -0.4 is 5.32 Å². The summed E-state index contributed by atoms with van der Waals surface area (Å²) in [5.41, 5.74) is -0.962. The number of likely N-dealkylation sites (tertiary alicyclic amines) is 1. The van der Waals surface area contributed by atoms with Gasteiger partial charge in [-0.3, -0.25) is 19.8 Å². The monoisotopic (exact) mass is 293 g/mol. The van der Waals surface area contributed by atoms with Crippen LogP contribution in [0.15, 0.2) is 0 Å². The van der Waals surface area contributed by atoms with E-state index in [0.29, 0.717) is 25.9 Å². The van der Waals surface area contributed by atoms with E-state index >= 15 is 0 Å². The van der Waals surface area contributed by atoms with Gasteiger partial charge in [0.1, 0.15) is 5.41 Å². The van der Waals surface area contributed by atoms with Crippen LogP contribution in [-0.2, 0) is 9.59 Å². The standard InChI is InChI=1S/C15H23N3O3/c19-12-15(6-2-3-7-15)13(20)18(14(21)16-12)11-10-17-8-4-1-5-9-17/h1-11H2,(H,16,19,21). The molecule has 1 spiro atoms. The van der Waals surface area contributed by atoms with Crippen molar-refractivity contribution in [2.45, 2.75) is 44.9 Å². The first-order valence-corrected chi connectivity index (χ1v) is 8.03. The molecule has 6 heteroatoms. The SMILES string of the molecule is O=C1NC(=O)C2(CCCC2)C(=O)N1CCN1CCCCC1. The lowest BCUT2D eigenvalue weighted by atomic mass is 9.82. The highest BCUT2D eigenvalue weighted by Crippen LogP contribution is 2.41. The predicted molar refractivity (Wildman–Crippen MR) is 76.4 cm³/mol. The molecule has 3 fully saturated rings. The van der Waals surface area contributed by atoms with Gasteiger partial charge in [-0.05, 0) is 38.8 Å². The van der Waals surface area contributed by atoms with E-state index in [2.05, 4.69) is 10.2 Å². The molecule has 2 aliphatic heterocycles. The van der Waals surface area contributed by atoms with Gasteiger partial charge in [0, 0.05) is 13.1 Å². The number of hydrogen-bond donors (Lipinski definition) is 1. The van der Waals surface area contributed by atoms with Crippen molar-refractivity contribution in [1.29, 1.82) is 0 Å². The Morgan fingerprint density at radius 2 is 1.57 bits per heavy atom. The van der Waals surface area contributed by atoms with Crippen LogP contribution in [0, 0.1) is 5.41 Å². The van der Waals surface area contributed by atoms with E-state index in [1.54, 1.807) is 0 Å². The van der Waals surface area contributed by atoms with Crippen LogP contribution in [0.3, 0.4) is 0 Å². The van der Waals surface area contributed by atoms with E-state index < -0.39 is 11.4 Å².